The predicted octanol–water partition coefficient (Wildman–Crippen LogP) is 4.80. The lowest BCUT2D eigenvalue weighted by molar-refractivity contribution is -0.138. The van der Waals surface area contributed by atoms with E-state index in [9.17, 15) is 19.8 Å². The highest BCUT2D eigenvalue weighted by Crippen LogP contribution is 2.51. The maximum Gasteiger partial charge on any atom is 0.330 e. The van der Waals surface area contributed by atoms with Crippen LogP contribution in [0.3, 0.4) is 0 Å². The van der Waals surface area contributed by atoms with Crippen LogP contribution in [-0.4, -0.2) is 43.3 Å². The average Bonchev–Trinajstić information content (AvgIpc) is 3.28. The molecule has 0 spiro atoms. The minimum Gasteiger partial charge on any atom is -0.508 e. The molecular formula is C29H26O8. The van der Waals surface area contributed by atoms with Crippen molar-refractivity contribution in [2.24, 2.45) is 0 Å². The van der Waals surface area contributed by atoms with Crippen molar-refractivity contribution in [1.29, 1.82) is 0 Å². The van der Waals surface area contributed by atoms with Crippen molar-refractivity contribution in [3.05, 3.63) is 89.0 Å². The number of carbonyl (C=O) groups is 2. The fourth-order valence-electron chi connectivity index (χ4n) is 4.14. The Hall–Kier alpha value is -4.72. The molecule has 3 aromatic rings. The van der Waals surface area contributed by atoms with Crippen LogP contribution < -0.4 is 14.2 Å². The highest BCUT2D eigenvalue weighted by Gasteiger charge is 2.39. The van der Waals surface area contributed by atoms with Gasteiger partial charge in [-0.15, -0.1) is 0 Å². The van der Waals surface area contributed by atoms with Crippen LogP contribution in [0.5, 0.6) is 28.7 Å². The van der Waals surface area contributed by atoms with Crippen molar-refractivity contribution in [2.45, 2.75) is 12.0 Å². The van der Waals surface area contributed by atoms with Gasteiger partial charge in [0.25, 0.3) is 0 Å². The number of benzene rings is 3. The molecule has 0 bridgehead atoms. The quantitative estimate of drug-likeness (QED) is 0.244. The highest BCUT2D eigenvalue weighted by molar-refractivity contribution is 5.87. The van der Waals surface area contributed by atoms with Gasteiger partial charge in [0, 0.05) is 11.6 Å². The van der Waals surface area contributed by atoms with Crippen molar-refractivity contribution in [3.63, 3.8) is 0 Å². The Morgan fingerprint density at radius 2 is 1.70 bits per heavy atom. The number of phenolic OH excluding ortho intramolecular Hbond substituents is 2. The minimum absolute atomic E-state index is 0.0103. The predicted molar refractivity (Wildman–Crippen MR) is 137 cm³/mol. The third-order valence-corrected chi connectivity index (χ3v) is 5.95. The standard InChI is InChI=1S/C29H26O8/c1-34-25-16-20(8-11-24(25)32)28-23(17-36-27(33)12-7-18-5-9-21(31)10-6-18)22-14-19(4-3-13-30)15-26(35-2)29(22)37-28/h3-16,23,28,31-32H,17H2,1-2H3/b4-3+,12-7+. The SMILES string of the molecule is COc1cc(C2Oc3c(OC)cc(/C=C/C=O)cc3C2COC(=O)/C=C/c2ccc(O)cc2)ccc1O. The number of hydrogen-bond acceptors (Lipinski definition) is 8. The van der Waals surface area contributed by atoms with Gasteiger partial charge in [0.15, 0.2) is 23.0 Å². The van der Waals surface area contributed by atoms with Crippen LogP contribution in [0.25, 0.3) is 12.2 Å². The molecule has 1 heterocycles. The highest BCUT2D eigenvalue weighted by atomic mass is 16.5. The van der Waals surface area contributed by atoms with Gasteiger partial charge >= 0.3 is 5.97 Å². The summed E-state index contributed by atoms with van der Waals surface area (Å²) in [5, 5.41) is 19.5. The Morgan fingerprint density at radius 3 is 2.41 bits per heavy atom. The summed E-state index contributed by atoms with van der Waals surface area (Å²) in [6, 6.07) is 14.9. The molecular weight excluding hydrogens is 476 g/mol. The van der Waals surface area contributed by atoms with E-state index < -0.39 is 18.0 Å². The lowest BCUT2D eigenvalue weighted by Gasteiger charge is -2.20. The Balaban J connectivity index is 1.65. The largest absolute Gasteiger partial charge is 0.508 e. The normalized spacial score (nSPS) is 16.4. The minimum atomic E-state index is -0.572. The molecule has 2 unspecified atom stereocenters. The van der Waals surface area contributed by atoms with Crippen LogP contribution in [-0.2, 0) is 14.3 Å². The van der Waals surface area contributed by atoms with Gasteiger partial charge in [-0.3, -0.25) is 4.79 Å². The van der Waals surface area contributed by atoms with Gasteiger partial charge in [-0.25, -0.2) is 4.79 Å². The zero-order chi connectivity index (χ0) is 26.4. The van der Waals surface area contributed by atoms with E-state index in [4.69, 9.17) is 18.9 Å². The summed E-state index contributed by atoms with van der Waals surface area (Å²) in [6.07, 6.45) is 6.04. The van der Waals surface area contributed by atoms with Crippen LogP contribution in [0.15, 0.2) is 66.7 Å². The monoisotopic (exact) mass is 502 g/mol. The molecule has 0 radical (unpaired) electrons. The summed E-state index contributed by atoms with van der Waals surface area (Å²) < 4.78 is 22.7. The fourth-order valence-corrected chi connectivity index (χ4v) is 4.14. The summed E-state index contributed by atoms with van der Waals surface area (Å²) >= 11 is 0. The van der Waals surface area contributed by atoms with Gasteiger partial charge in [-0.1, -0.05) is 24.3 Å². The van der Waals surface area contributed by atoms with Crippen LogP contribution in [0.1, 0.15) is 34.3 Å². The van der Waals surface area contributed by atoms with Gasteiger partial charge in [-0.05, 0) is 65.2 Å². The van der Waals surface area contributed by atoms with E-state index in [0.29, 0.717) is 23.3 Å². The zero-order valence-corrected chi connectivity index (χ0v) is 20.3. The number of phenols is 2. The first kappa shape index (κ1) is 25.4. The lowest BCUT2D eigenvalue weighted by atomic mass is 9.90. The van der Waals surface area contributed by atoms with Gasteiger partial charge in [0.05, 0.1) is 20.1 Å². The third-order valence-electron chi connectivity index (χ3n) is 5.95. The first-order chi connectivity index (χ1) is 17.9. The summed E-state index contributed by atoms with van der Waals surface area (Å²) in [4.78, 5) is 23.4. The molecule has 1 aliphatic rings. The number of hydrogen-bond donors (Lipinski definition) is 2. The molecule has 4 rings (SSSR count). The number of methoxy groups -OCH3 is 2. The second-order valence-electron chi connectivity index (χ2n) is 8.27. The van der Waals surface area contributed by atoms with Crippen LogP contribution >= 0.6 is 0 Å². The van der Waals surface area contributed by atoms with Gasteiger partial charge in [-0.2, -0.15) is 0 Å². The molecule has 0 saturated carbocycles. The van der Waals surface area contributed by atoms with Crippen LogP contribution in [0.2, 0.25) is 0 Å². The van der Waals surface area contributed by atoms with E-state index in [-0.39, 0.29) is 23.9 Å². The fraction of sp³-hybridized carbons (Fsp3) is 0.172. The van der Waals surface area contributed by atoms with E-state index in [0.717, 1.165) is 16.7 Å². The maximum atomic E-state index is 12.5. The lowest BCUT2D eigenvalue weighted by Crippen LogP contribution is -2.17. The topological polar surface area (TPSA) is 112 Å². The number of esters is 1. The molecule has 2 N–H and O–H groups in total. The Morgan fingerprint density at radius 1 is 0.946 bits per heavy atom. The molecule has 37 heavy (non-hydrogen) atoms. The number of rotatable bonds is 9. The first-order valence-corrected chi connectivity index (χ1v) is 11.4. The number of carbonyl (C=O) groups excluding carboxylic acids is 2. The van der Waals surface area contributed by atoms with Gasteiger partial charge in [0.2, 0.25) is 0 Å². The summed E-state index contributed by atoms with van der Waals surface area (Å²) in [6.45, 7) is -0.0103. The van der Waals surface area contributed by atoms with Crippen LogP contribution in [0, 0.1) is 0 Å². The first-order valence-electron chi connectivity index (χ1n) is 11.4. The second kappa shape index (κ2) is 11.3. The van der Waals surface area contributed by atoms with E-state index in [2.05, 4.69) is 0 Å². The third kappa shape index (κ3) is 5.75. The maximum absolute atomic E-state index is 12.5. The van der Waals surface area contributed by atoms with E-state index in [1.54, 1.807) is 42.5 Å². The summed E-state index contributed by atoms with van der Waals surface area (Å²) in [7, 11) is 2.98. The zero-order valence-electron chi connectivity index (χ0n) is 20.3. The molecule has 190 valence electrons. The molecule has 8 heteroatoms. The Bertz CT molecular complexity index is 1340. The van der Waals surface area contributed by atoms with Crippen molar-refractivity contribution < 1.29 is 38.7 Å². The van der Waals surface area contributed by atoms with Crippen LogP contribution in [0.4, 0.5) is 0 Å². The molecule has 3 aromatic carbocycles. The van der Waals surface area contributed by atoms with Gasteiger partial charge in [0.1, 0.15) is 24.7 Å². The number of aromatic hydroxyl groups is 2. The smallest absolute Gasteiger partial charge is 0.330 e. The van der Waals surface area contributed by atoms with E-state index in [1.807, 2.05) is 6.07 Å². The second-order valence-corrected chi connectivity index (χ2v) is 8.27. The molecule has 0 saturated heterocycles. The van der Waals surface area contributed by atoms with Crippen molar-refractivity contribution in [2.75, 3.05) is 20.8 Å². The molecule has 0 aromatic heterocycles. The molecule has 0 fully saturated rings. The molecule has 8 nitrogen and oxygen atoms in total. The van der Waals surface area contributed by atoms with E-state index in [1.165, 1.54) is 44.6 Å². The van der Waals surface area contributed by atoms with Crippen molar-refractivity contribution in [1.82, 2.24) is 0 Å². The van der Waals surface area contributed by atoms with Gasteiger partial charge < -0.3 is 29.2 Å². The average molecular weight is 503 g/mol. The van der Waals surface area contributed by atoms with Crippen molar-refractivity contribution in [3.8, 4) is 28.7 Å². The molecule has 0 aliphatic carbocycles. The summed E-state index contributed by atoms with van der Waals surface area (Å²) in [5.41, 5.74) is 2.91. The number of aldehydes is 1. The molecule has 0 amide bonds. The Kier molecular flexibility index (Phi) is 7.78. The number of allylic oxidation sites excluding steroid dienone is 1. The number of fused-ring (bicyclic) bond motifs is 1. The molecule has 2 atom stereocenters. The number of ether oxygens (including phenoxy) is 4. The molecule has 1 aliphatic heterocycles. The van der Waals surface area contributed by atoms with Crippen molar-refractivity contribution >= 4 is 24.4 Å². The Labute approximate surface area is 214 Å². The van der Waals surface area contributed by atoms with E-state index >= 15 is 0 Å². The summed E-state index contributed by atoms with van der Waals surface area (Å²) in [5.74, 6) is 0.410.